The number of likely N-dealkylation sites (tertiary alicyclic amines) is 1. The quantitative estimate of drug-likeness (QED) is 0.874. The summed E-state index contributed by atoms with van der Waals surface area (Å²) in [6, 6.07) is 6.47. The SMILES string of the molecule is CNC1CCCN(C(=O)c2ccc(S(=O)(=O)N(C)C)cc2)C1.Cl. The number of carbonyl (C=O) groups excluding carboxylic acids is 1. The highest BCUT2D eigenvalue weighted by atomic mass is 35.5. The van der Waals surface area contributed by atoms with Gasteiger partial charge in [-0.3, -0.25) is 4.79 Å². The Labute approximate surface area is 144 Å². The minimum atomic E-state index is -3.46. The molecule has 8 heteroatoms. The van der Waals surface area contributed by atoms with Gasteiger partial charge in [0, 0.05) is 38.8 Å². The first-order valence-corrected chi connectivity index (χ1v) is 8.79. The van der Waals surface area contributed by atoms with Crippen molar-refractivity contribution in [2.75, 3.05) is 34.2 Å². The third kappa shape index (κ3) is 4.44. The molecule has 1 saturated heterocycles. The number of hydrogen-bond donors (Lipinski definition) is 1. The van der Waals surface area contributed by atoms with Gasteiger partial charge < -0.3 is 10.2 Å². The smallest absolute Gasteiger partial charge is 0.253 e. The molecule has 1 N–H and O–H groups in total. The van der Waals surface area contributed by atoms with Crippen LogP contribution >= 0.6 is 12.4 Å². The van der Waals surface area contributed by atoms with Crippen LogP contribution in [-0.4, -0.2) is 63.8 Å². The molecule has 0 aliphatic carbocycles. The molecule has 130 valence electrons. The number of benzene rings is 1. The van der Waals surface area contributed by atoms with E-state index in [2.05, 4.69) is 5.32 Å². The van der Waals surface area contributed by atoms with Crippen molar-refractivity contribution in [3.63, 3.8) is 0 Å². The van der Waals surface area contributed by atoms with Crippen LogP contribution in [0, 0.1) is 0 Å². The summed E-state index contributed by atoms with van der Waals surface area (Å²) in [5, 5.41) is 3.20. The highest BCUT2D eigenvalue weighted by Crippen LogP contribution is 2.17. The lowest BCUT2D eigenvalue weighted by molar-refractivity contribution is 0.0698. The van der Waals surface area contributed by atoms with Crippen LogP contribution in [0.2, 0.25) is 0 Å². The van der Waals surface area contributed by atoms with Gasteiger partial charge >= 0.3 is 0 Å². The molecule has 0 aromatic heterocycles. The molecule has 2 rings (SSSR count). The Bertz CT molecular complexity index is 632. The van der Waals surface area contributed by atoms with Crippen LogP contribution in [0.1, 0.15) is 23.2 Å². The number of hydrogen-bond acceptors (Lipinski definition) is 4. The van der Waals surface area contributed by atoms with Gasteiger partial charge in [-0.1, -0.05) is 0 Å². The summed E-state index contributed by atoms with van der Waals surface area (Å²) in [5.41, 5.74) is 0.523. The number of halogens is 1. The van der Waals surface area contributed by atoms with Crippen LogP contribution in [0.15, 0.2) is 29.2 Å². The highest BCUT2D eigenvalue weighted by Gasteiger charge is 2.24. The van der Waals surface area contributed by atoms with Crippen molar-refractivity contribution >= 4 is 28.3 Å². The number of piperidine rings is 1. The molecule has 23 heavy (non-hydrogen) atoms. The molecule has 1 heterocycles. The van der Waals surface area contributed by atoms with Crippen molar-refractivity contribution in [2.24, 2.45) is 0 Å². The van der Waals surface area contributed by atoms with E-state index in [1.54, 1.807) is 12.1 Å². The molecular formula is C15H24ClN3O3S. The van der Waals surface area contributed by atoms with Crippen molar-refractivity contribution in [3.05, 3.63) is 29.8 Å². The number of nitrogens with zero attached hydrogens (tertiary/aromatic N) is 2. The summed E-state index contributed by atoms with van der Waals surface area (Å²) in [5.74, 6) is -0.0475. The summed E-state index contributed by atoms with van der Waals surface area (Å²) in [4.78, 5) is 14.5. The number of sulfonamides is 1. The minimum absolute atomic E-state index is 0. The predicted octanol–water partition coefficient (Wildman–Crippen LogP) is 1.18. The number of amides is 1. The molecule has 1 unspecified atom stereocenters. The van der Waals surface area contributed by atoms with Crippen molar-refractivity contribution in [1.82, 2.24) is 14.5 Å². The molecule has 0 saturated carbocycles. The fraction of sp³-hybridized carbons (Fsp3) is 0.533. The predicted molar refractivity (Wildman–Crippen MR) is 92.5 cm³/mol. The van der Waals surface area contributed by atoms with E-state index in [9.17, 15) is 13.2 Å². The number of likely N-dealkylation sites (N-methyl/N-ethyl adjacent to an activating group) is 1. The van der Waals surface area contributed by atoms with Crippen LogP contribution in [-0.2, 0) is 10.0 Å². The van der Waals surface area contributed by atoms with E-state index in [1.807, 2.05) is 11.9 Å². The average Bonchev–Trinajstić information content (AvgIpc) is 2.54. The fourth-order valence-corrected chi connectivity index (χ4v) is 3.46. The molecule has 1 aromatic carbocycles. The van der Waals surface area contributed by atoms with E-state index in [0.717, 1.165) is 23.7 Å². The fourth-order valence-electron chi connectivity index (χ4n) is 2.56. The zero-order valence-corrected chi connectivity index (χ0v) is 15.3. The Morgan fingerprint density at radius 1 is 1.26 bits per heavy atom. The minimum Gasteiger partial charge on any atom is -0.337 e. The van der Waals surface area contributed by atoms with Gasteiger partial charge in [0.15, 0.2) is 0 Å². The lowest BCUT2D eigenvalue weighted by atomic mass is 10.0. The van der Waals surface area contributed by atoms with Gasteiger partial charge in [0.25, 0.3) is 5.91 Å². The largest absolute Gasteiger partial charge is 0.337 e. The molecule has 1 aromatic rings. The Morgan fingerprint density at radius 3 is 2.39 bits per heavy atom. The van der Waals surface area contributed by atoms with E-state index in [1.165, 1.54) is 26.2 Å². The molecule has 1 aliphatic rings. The Balaban J connectivity index is 0.00000264. The number of carbonyl (C=O) groups is 1. The van der Waals surface area contributed by atoms with Gasteiger partial charge in [0.2, 0.25) is 10.0 Å². The zero-order valence-electron chi connectivity index (χ0n) is 13.7. The number of nitrogens with one attached hydrogen (secondary N) is 1. The van der Waals surface area contributed by atoms with Crippen molar-refractivity contribution in [1.29, 1.82) is 0 Å². The van der Waals surface area contributed by atoms with E-state index < -0.39 is 10.0 Å². The van der Waals surface area contributed by atoms with Gasteiger partial charge in [-0.15, -0.1) is 12.4 Å². The van der Waals surface area contributed by atoms with Crippen LogP contribution < -0.4 is 5.32 Å². The van der Waals surface area contributed by atoms with Crippen LogP contribution in [0.5, 0.6) is 0 Å². The first-order valence-electron chi connectivity index (χ1n) is 7.35. The normalized spacial score (nSPS) is 18.6. The topological polar surface area (TPSA) is 69.7 Å². The molecule has 0 bridgehead atoms. The van der Waals surface area contributed by atoms with Crippen molar-refractivity contribution < 1.29 is 13.2 Å². The van der Waals surface area contributed by atoms with Crippen LogP contribution in [0.3, 0.4) is 0 Å². The van der Waals surface area contributed by atoms with E-state index in [4.69, 9.17) is 0 Å². The van der Waals surface area contributed by atoms with Crippen LogP contribution in [0.25, 0.3) is 0 Å². The summed E-state index contributed by atoms with van der Waals surface area (Å²) in [6.07, 6.45) is 2.05. The van der Waals surface area contributed by atoms with Gasteiger partial charge in [-0.05, 0) is 44.2 Å². The van der Waals surface area contributed by atoms with Gasteiger partial charge in [0.1, 0.15) is 0 Å². The Hall–Kier alpha value is -1.15. The standard InChI is InChI=1S/C15H23N3O3S.ClH/c1-16-13-5-4-10-18(11-13)15(19)12-6-8-14(9-7-12)22(20,21)17(2)3;/h6-9,13,16H,4-5,10-11H2,1-3H3;1H. The van der Waals surface area contributed by atoms with Gasteiger partial charge in [-0.25, -0.2) is 12.7 Å². The molecule has 0 spiro atoms. The summed E-state index contributed by atoms with van der Waals surface area (Å²) < 4.78 is 25.2. The molecule has 1 amide bonds. The molecule has 0 radical (unpaired) electrons. The summed E-state index contributed by atoms with van der Waals surface area (Å²) in [7, 11) is 1.42. The second-order valence-electron chi connectivity index (χ2n) is 5.69. The third-order valence-corrected chi connectivity index (χ3v) is 5.83. The van der Waals surface area contributed by atoms with Crippen molar-refractivity contribution in [3.8, 4) is 0 Å². The van der Waals surface area contributed by atoms with Crippen LogP contribution in [0.4, 0.5) is 0 Å². The lowest BCUT2D eigenvalue weighted by Crippen LogP contribution is -2.46. The van der Waals surface area contributed by atoms with E-state index >= 15 is 0 Å². The number of rotatable bonds is 4. The Kier molecular flexibility index (Phi) is 7.01. The van der Waals surface area contributed by atoms with E-state index in [-0.39, 0.29) is 23.2 Å². The van der Waals surface area contributed by atoms with E-state index in [0.29, 0.717) is 18.2 Å². The second kappa shape index (κ2) is 8.10. The second-order valence-corrected chi connectivity index (χ2v) is 7.84. The average molecular weight is 362 g/mol. The first kappa shape index (κ1) is 19.9. The lowest BCUT2D eigenvalue weighted by Gasteiger charge is -2.32. The third-order valence-electron chi connectivity index (χ3n) is 4.00. The maximum Gasteiger partial charge on any atom is 0.253 e. The molecule has 1 aliphatic heterocycles. The monoisotopic (exact) mass is 361 g/mol. The molecule has 6 nitrogen and oxygen atoms in total. The molecular weight excluding hydrogens is 338 g/mol. The summed E-state index contributed by atoms with van der Waals surface area (Å²) in [6.45, 7) is 1.43. The Morgan fingerprint density at radius 2 is 1.87 bits per heavy atom. The van der Waals surface area contributed by atoms with Crippen molar-refractivity contribution in [2.45, 2.75) is 23.8 Å². The zero-order chi connectivity index (χ0) is 16.3. The van der Waals surface area contributed by atoms with Gasteiger partial charge in [0.05, 0.1) is 4.90 Å². The molecule has 1 atom stereocenters. The summed E-state index contributed by atoms with van der Waals surface area (Å²) >= 11 is 0. The highest BCUT2D eigenvalue weighted by molar-refractivity contribution is 7.89. The first-order chi connectivity index (χ1) is 10.4. The molecule has 1 fully saturated rings. The van der Waals surface area contributed by atoms with Gasteiger partial charge in [-0.2, -0.15) is 0 Å². The maximum atomic E-state index is 12.5. The maximum absolute atomic E-state index is 12.5.